The van der Waals surface area contributed by atoms with Crippen molar-refractivity contribution in [2.75, 3.05) is 11.9 Å². The van der Waals surface area contributed by atoms with Gasteiger partial charge in [-0.3, -0.25) is 9.59 Å². The molecule has 4 rings (SSSR count). The molecule has 10 nitrogen and oxygen atoms in total. The molecule has 2 amide bonds. The van der Waals surface area contributed by atoms with E-state index in [4.69, 9.17) is 9.26 Å². The van der Waals surface area contributed by atoms with Crippen LogP contribution < -0.4 is 15.4 Å². The fourth-order valence-electron chi connectivity index (χ4n) is 2.98. The first-order chi connectivity index (χ1) is 15.9. The van der Waals surface area contributed by atoms with Gasteiger partial charge in [-0.05, 0) is 32.0 Å². The zero-order valence-electron chi connectivity index (χ0n) is 18.3. The molecule has 3 aromatic heterocycles. The van der Waals surface area contributed by atoms with Crippen molar-refractivity contribution in [2.45, 2.75) is 33.3 Å². The third-order valence-corrected chi connectivity index (χ3v) is 5.39. The maximum atomic E-state index is 12.5. The lowest BCUT2D eigenvalue weighted by Gasteiger charge is -2.08. The van der Waals surface area contributed by atoms with Crippen LogP contribution >= 0.6 is 11.3 Å². The first kappa shape index (κ1) is 22.3. The van der Waals surface area contributed by atoms with Crippen molar-refractivity contribution in [1.82, 2.24) is 25.4 Å². The van der Waals surface area contributed by atoms with E-state index in [1.54, 1.807) is 43.5 Å². The fraction of sp³-hybridized carbons (Fsp3) is 0.273. The number of rotatable bonds is 8. The Morgan fingerprint density at radius 2 is 2.06 bits per heavy atom. The minimum atomic E-state index is -0.300. The van der Waals surface area contributed by atoms with Crippen molar-refractivity contribution in [3.8, 4) is 17.3 Å². The van der Waals surface area contributed by atoms with Gasteiger partial charge in [-0.2, -0.15) is 4.98 Å². The molecule has 0 bridgehead atoms. The molecule has 3 heterocycles. The Morgan fingerprint density at radius 1 is 1.21 bits per heavy atom. The van der Waals surface area contributed by atoms with Gasteiger partial charge in [0.25, 0.3) is 5.91 Å². The largest absolute Gasteiger partial charge is 0.474 e. The highest BCUT2D eigenvalue weighted by Gasteiger charge is 2.14. The summed E-state index contributed by atoms with van der Waals surface area (Å²) in [7, 11) is 0. The number of carbonyl (C=O) groups excluding carboxylic acids is 2. The quantitative estimate of drug-likeness (QED) is 0.403. The number of amides is 2. The highest BCUT2D eigenvalue weighted by Crippen LogP contribution is 2.32. The van der Waals surface area contributed by atoms with E-state index in [1.807, 2.05) is 13.8 Å². The summed E-state index contributed by atoms with van der Waals surface area (Å²) in [6.45, 7) is 5.70. The van der Waals surface area contributed by atoms with Gasteiger partial charge in [0.05, 0.1) is 11.6 Å². The van der Waals surface area contributed by atoms with Gasteiger partial charge in [-0.15, -0.1) is 0 Å². The molecule has 0 aliphatic carbocycles. The maximum absolute atomic E-state index is 12.5. The Hall–Kier alpha value is -3.86. The van der Waals surface area contributed by atoms with E-state index in [0.29, 0.717) is 39.4 Å². The van der Waals surface area contributed by atoms with Gasteiger partial charge in [-0.1, -0.05) is 28.6 Å². The van der Waals surface area contributed by atoms with E-state index < -0.39 is 0 Å². The third-order valence-electron chi connectivity index (χ3n) is 4.41. The van der Waals surface area contributed by atoms with Crippen LogP contribution in [0.5, 0.6) is 5.88 Å². The molecule has 33 heavy (non-hydrogen) atoms. The molecule has 1 aromatic carbocycles. The van der Waals surface area contributed by atoms with Crippen molar-refractivity contribution in [3.05, 3.63) is 48.0 Å². The van der Waals surface area contributed by atoms with Gasteiger partial charge in [-0.25, -0.2) is 9.97 Å². The van der Waals surface area contributed by atoms with E-state index in [2.05, 4.69) is 30.7 Å². The Labute approximate surface area is 193 Å². The Kier molecular flexibility index (Phi) is 6.59. The van der Waals surface area contributed by atoms with Crippen molar-refractivity contribution < 1.29 is 18.8 Å². The summed E-state index contributed by atoms with van der Waals surface area (Å²) in [5.41, 5.74) is 1.81. The lowest BCUT2D eigenvalue weighted by atomic mass is 10.1. The molecule has 0 aliphatic heterocycles. The van der Waals surface area contributed by atoms with E-state index >= 15 is 0 Å². The zero-order valence-corrected chi connectivity index (χ0v) is 19.1. The van der Waals surface area contributed by atoms with Crippen LogP contribution in [0.2, 0.25) is 0 Å². The minimum absolute atomic E-state index is 0.0242. The Morgan fingerprint density at radius 3 is 2.82 bits per heavy atom. The van der Waals surface area contributed by atoms with Gasteiger partial charge in [0, 0.05) is 37.2 Å². The lowest BCUT2D eigenvalue weighted by molar-refractivity contribution is -0.116. The minimum Gasteiger partial charge on any atom is -0.474 e. The molecule has 0 spiro atoms. The summed E-state index contributed by atoms with van der Waals surface area (Å²) in [4.78, 5) is 37.6. The van der Waals surface area contributed by atoms with Crippen molar-refractivity contribution in [1.29, 1.82) is 0 Å². The summed E-state index contributed by atoms with van der Waals surface area (Å²) >= 11 is 1.29. The van der Waals surface area contributed by atoms with E-state index in [-0.39, 0.29) is 30.9 Å². The molecule has 0 atom stereocenters. The summed E-state index contributed by atoms with van der Waals surface area (Å²) in [6.07, 6.45) is 1.69. The fourth-order valence-corrected chi connectivity index (χ4v) is 3.89. The molecule has 170 valence electrons. The number of carbonyl (C=O) groups is 2. The number of nitrogens with one attached hydrogen (secondary N) is 2. The van der Waals surface area contributed by atoms with Crippen LogP contribution in [0.25, 0.3) is 21.6 Å². The zero-order chi connectivity index (χ0) is 23.4. The first-order valence-electron chi connectivity index (χ1n) is 10.3. The molecule has 0 radical (unpaired) electrons. The van der Waals surface area contributed by atoms with Crippen LogP contribution in [-0.2, 0) is 4.79 Å². The SMILES string of the molecule is Cc1nc(-c2cccc(C(=O)NCCC(=O)Nc3nc4ccnc(OC(C)C)c4s3)c2)no1. The van der Waals surface area contributed by atoms with Gasteiger partial charge in [0.2, 0.25) is 23.5 Å². The predicted molar refractivity (Wildman–Crippen MR) is 123 cm³/mol. The molecule has 0 saturated heterocycles. The predicted octanol–water partition coefficient (Wildman–Crippen LogP) is 3.60. The first-order valence-corrected chi connectivity index (χ1v) is 11.1. The maximum Gasteiger partial charge on any atom is 0.251 e. The number of thiazole rings is 1. The molecular weight excluding hydrogens is 444 g/mol. The number of pyridine rings is 1. The van der Waals surface area contributed by atoms with Crippen molar-refractivity contribution >= 4 is 38.5 Å². The number of nitrogens with zero attached hydrogens (tertiary/aromatic N) is 4. The van der Waals surface area contributed by atoms with Gasteiger partial charge in [0.1, 0.15) is 4.70 Å². The summed E-state index contributed by atoms with van der Waals surface area (Å²) < 4.78 is 11.5. The van der Waals surface area contributed by atoms with Crippen LogP contribution in [0, 0.1) is 6.92 Å². The molecule has 0 fully saturated rings. The number of anilines is 1. The second kappa shape index (κ2) is 9.74. The summed E-state index contributed by atoms with van der Waals surface area (Å²) in [5.74, 6) is 0.787. The van der Waals surface area contributed by atoms with E-state index in [9.17, 15) is 9.59 Å². The molecule has 2 N–H and O–H groups in total. The summed E-state index contributed by atoms with van der Waals surface area (Å²) in [6, 6.07) is 8.64. The van der Waals surface area contributed by atoms with Crippen LogP contribution in [0.4, 0.5) is 5.13 Å². The highest BCUT2D eigenvalue weighted by atomic mass is 32.1. The Balaban J connectivity index is 1.32. The number of aryl methyl sites for hydroxylation is 1. The lowest BCUT2D eigenvalue weighted by Crippen LogP contribution is -2.27. The Bertz CT molecular complexity index is 1300. The van der Waals surface area contributed by atoms with E-state index in [0.717, 1.165) is 4.70 Å². The topological polar surface area (TPSA) is 132 Å². The number of aromatic nitrogens is 4. The molecular formula is C22H22N6O4S. The summed E-state index contributed by atoms with van der Waals surface area (Å²) in [5, 5.41) is 9.82. The van der Waals surface area contributed by atoms with E-state index in [1.165, 1.54) is 11.3 Å². The molecule has 11 heteroatoms. The van der Waals surface area contributed by atoms with Gasteiger partial charge in [0.15, 0.2) is 5.13 Å². The average Bonchev–Trinajstić information content (AvgIpc) is 3.40. The number of hydrogen-bond acceptors (Lipinski definition) is 9. The normalized spacial score (nSPS) is 11.0. The second-order valence-corrected chi connectivity index (χ2v) is 8.42. The van der Waals surface area contributed by atoms with Crippen LogP contribution in [0.15, 0.2) is 41.1 Å². The molecule has 0 unspecified atom stereocenters. The number of hydrogen-bond donors (Lipinski definition) is 2. The second-order valence-electron chi connectivity index (χ2n) is 7.42. The number of benzene rings is 1. The smallest absolute Gasteiger partial charge is 0.251 e. The van der Waals surface area contributed by atoms with Crippen molar-refractivity contribution in [2.24, 2.45) is 0 Å². The van der Waals surface area contributed by atoms with Crippen molar-refractivity contribution in [3.63, 3.8) is 0 Å². The number of ether oxygens (including phenoxy) is 1. The van der Waals surface area contributed by atoms with Crippen LogP contribution in [0.3, 0.4) is 0 Å². The van der Waals surface area contributed by atoms with Crippen LogP contribution in [0.1, 0.15) is 36.5 Å². The molecule has 0 saturated carbocycles. The van der Waals surface area contributed by atoms with Gasteiger partial charge < -0.3 is 19.9 Å². The highest BCUT2D eigenvalue weighted by molar-refractivity contribution is 7.22. The van der Waals surface area contributed by atoms with Gasteiger partial charge >= 0.3 is 0 Å². The average molecular weight is 467 g/mol. The standard InChI is InChI=1S/C22H22N6O4S/c1-12(2)31-21-18-16(7-9-24-21)26-22(33-18)27-17(29)8-10-23-20(30)15-6-4-5-14(11-15)19-25-13(3)32-28-19/h4-7,9,11-12H,8,10H2,1-3H3,(H,23,30)(H,26,27,29). The third kappa shape index (κ3) is 5.50. The van der Waals surface area contributed by atoms with Crippen LogP contribution in [-0.4, -0.2) is 44.6 Å². The molecule has 4 aromatic rings. The monoisotopic (exact) mass is 466 g/mol. The molecule has 0 aliphatic rings. The number of fused-ring (bicyclic) bond motifs is 1.